The minimum absolute atomic E-state index is 0.568. The lowest BCUT2D eigenvalue weighted by molar-refractivity contribution is 0.392. The number of aromatic nitrogens is 4. The minimum atomic E-state index is 0.568. The molecule has 0 aliphatic heterocycles. The van der Waals surface area contributed by atoms with Gasteiger partial charge in [0.1, 0.15) is 0 Å². The first kappa shape index (κ1) is 17.2. The molecule has 0 aliphatic rings. The Hall–Kier alpha value is -2.23. The number of thioether (sulfide) groups is 1. The highest BCUT2D eigenvalue weighted by atomic mass is 32.2. The molecule has 0 atom stereocenters. The maximum atomic E-state index is 5.30. The summed E-state index contributed by atoms with van der Waals surface area (Å²) in [4.78, 5) is 5.41. The Morgan fingerprint density at radius 3 is 2.81 bits per heavy atom. The Labute approximate surface area is 162 Å². The van der Waals surface area contributed by atoms with E-state index in [1.54, 1.807) is 11.3 Å². The molecule has 0 bridgehead atoms. The van der Waals surface area contributed by atoms with Gasteiger partial charge in [0, 0.05) is 5.69 Å². The van der Waals surface area contributed by atoms with Crippen LogP contribution in [0.3, 0.4) is 0 Å². The SMILES string of the molecule is CCc1ccc(Nc2nnc(SCc3nc(-c4cccs4)no3)s2)cc1. The summed E-state index contributed by atoms with van der Waals surface area (Å²) >= 11 is 4.63. The van der Waals surface area contributed by atoms with Gasteiger partial charge in [-0.3, -0.25) is 0 Å². The molecule has 0 spiro atoms. The van der Waals surface area contributed by atoms with Crippen LogP contribution in [0.25, 0.3) is 10.7 Å². The van der Waals surface area contributed by atoms with Gasteiger partial charge in [-0.15, -0.1) is 21.5 Å². The van der Waals surface area contributed by atoms with Crippen molar-refractivity contribution in [2.45, 2.75) is 23.4 Å². The number of anilines is 2. The fourth-order valence-electron chi connectivity index (χ4n) is 2.21. The predicted octanol–water partition coefficient (Wildman–Crippen LogP) is 5.25. The average molecular weight is 402 g/mol. The summed E-state index contributed by atoms with van der Waals surface area (Å²) in [7, 11) is 0. The lowest BCUT2D eigenvalue weighted by Gasteiger charge is -2.02. The van der Waals surface area contributed by atoms with Crippen LogP contribution in [0.4, 0.5) is 10.8 Å². The highest BCUT2D eigenvalue weighted by Gasteiger charge is 2.12. The molecule has 1 aromatic carbocycles. The van der Waals surface area contributed by atoms with Crippen LogP contribution >= 0.6 is 34.4 Å². The molecule has 3 heterocycles. The van der Waals surface area contributed by atoms with E-state index < -0.39 is 0 Å². The molecule has 0 saturated heterocycles. The lowest BCUT2D eigenvalue weighted by Crippen LogP contribution is -1.89. The van der Waals surface area contributed by atoms with E-state index in [0.717, 1.165) is 26.5 Å². The fourth-order valence-corrected chi connectivity index (χ4v) is 4.47. The van der Waals surface area contributed by atoms with Gasteiger partial charge in [0.05, 0.1) is 10.6 Å². The molecule has 0 unspecified atom stereocenters. The van der Waals surface area contributed by atoms with Gasteiger partial charge in [-0.1, -0.05) is 53.4 Å². The quantitative estimate of drug-likeness (QED) is 0.424. The van der Waals surface area contributed by atoms with Gasteiger partial charge in [0.2, 0.25) is 16.8 Å². The monoisotopic (exact) mass is 401 g/mol. The first-order chi connectivity index (χ1) is 12.8. The average Bonchev–Trinajstić information content (AvgIpc) is 3.42. The number of benzene rings is 1. The molecule has 0 amide bonds. The molecule has 0 fully saturated rings. The summed E-state index contributed by atoms with van der Waals surface area (Å²) in [5, 5.41) is 18.4. The Kier molecular flexibility index (Phi) is 5.28. The van der Waals surface area contributed by atoms with Crippen LogP contribution in [0.15, 0.2) is 50.6 Å². The molecule has 0 saturated carbocycles. The van der Waals surface area contributed by atoms with Crippen LogP contribution in [0.1, 0.15) is 18.4 Å². The number of hydrogen-bond acceptors (Lipinski definition) is 9. The van der Waals surface area contributed by atoms with Crippen LogP contribution < -0.4 is 5.32 Å². The zero-order chi connectivity index (χ0) is 17.8. The normalized spacial score (nSPS) is 11.0. The highest BCUT2D eigenvalue weighted by Crippen LogP contribution is 2.30. The van der Waals surface area contributed by atoms with Gasteiger partial charge in [-0.05, 0) is 35.6 Å². The van der Waals surface area contributed by atoms with Crippen molar-refractivity contribution in [3.05, 3.63) is 53.2 Å². The highest BCUT2D eigenvalue weighted by molar-refractivity contribution is 8.00. The summed E-state index contributed by atoms with van der Waals surface area (Å²) in [5.41, 5.74) is 2.32. The molecule has 4 aromatic rings. The van der Waals surface area contributed by atoms with Crippen molar-refractivity contribution in [1.29, 1.82) is 0 Å². The van der Waals surface area contributed by atoms with Crippen molar-refractivity contribution in [2.75, 3.05) is 5.32 Å². The summed E-state index contributed by atoms with van der Waals surface area (Å²) in [6.45, 7) is 2.14. The van der Waals surface area contributed by atoms with Crippen molar-refractivity contribution < 1.29 is 4.52 Å². The lowest BCUT2D eigenvalue weighted by atomic mass is 10.1. The molecule has 4 rings (SSSR count). The molecule has 132 valence electrons. The first-order valence-electron chi connectivity index (χ1n) is 7.99. The number of rotatable bonds is 7. The summed E-state index contributed by atoms with van der Waals surface area (Å²) < 4.78 is 6.16. The number of hydrogen-bond donors (Lipinski definition) is 1. The van der Waals surface area contributed by atoms with Crippen molar-refractivity contribution in [3.63, 3.8) is 0 Å². The van der Waals surface area contributed by atoms with E-state index in [2.05, 4.69) is 56.8 Å². The number of aryl methyl sites for hydroxylation is 1. The summed E-state index contributed by atoms with van der Waals surface area (Å²) in [6.07, 6.45) is 1.03. The second-order valence-corrected chi connectivity index (χ2v) is 8.47. The van der Waals surface area contributed by atoms with Gasteiger partial charge in [0.25, 0.3) is 0 Å². The smallest absolute Gasteiger partial charge is 0.237 e. The maximum absolute atomic E-state index is 5.30. The third kappa shape index (κ3) is 4.12. The zero-order valence-electron chi connectivity index (χ0n) is 13.9. The molecule has 26 heavy (non-hydrogen) atoms. The van der Waals surface area contributed by atoms with E-state index in [9.17, 15) is 0 Å². The number of nitrogens with one attached hydrogen (secondary N) is 1. The topological polar surface area (TPSA) is 76.7 Å². The fraction of sp³-hybridized carbons (Fsp3) is 0.176. The van der Waals surface area contributed by atoms with Crippen LogP contribution in [0, 0.1) is 0 Å². The van der Waals surface area contributed by atoms with Gasteiger partial charge in [-0.25, -0.2) is 0 Å². The van der Waals surface area contributed by atoms with E-state index in [0.29, 0.717) is 17.5 Å². The van der Waals surface area contributed by atoms with Crippen LogP contribution in [-0.2, 0) is 12.2 Å². The van der Waals surface area contributed by atoms with E-state index in [1.165, 1.54) is 28.7 Å². The summed E-state index contributed by atoms with van der Waals surface area (Å²) in [6, 6.07) is 12.3. The zero-order valence-corrected chi connectivity index (χ0v) is 16.3. The van der Waals surface area contributed by atoms with Crippen molar-refractivity contribution in [1.82, 2.24) is 20.3 Å². The van der Waals surface area contributed by atoms with Crippen molar-refractivity contribution in [3.8, 4) is 10.7 Å². The standard InChI is InChI=1S/C17H15N5OS3/c1-2-11-5-7-12(8-6-11)18-16-20-21-17(26-16)25-10-14-19-15(22-23-14)13-4-3-9-24-13/h3-9H,2,10H2,1H3,(H,18,20). The van der Waals surface area contributed by atoms with Gasteiger partial charge >= 0.3 is 0 Å². The van der Waals surface area contributed by atoms with Crippen LogP contribution in [0.2, 0.25) is 0 Å². The molecular formula is C17H15N5OS3. The maximum Gasteiger partial charge on any atom is 0.237 e. The predicted molar refractivity (Wildman–Crippen MR) is 106 cm³/mol. The molecule has 0 radical (unpaired) electrons. The Bertz CT molecular complexity index is 963. The van der Waals surface area contributed by atoms with Crippen molar-refractivity contribution >= 4 is 45.3 Å². The number of thiophene rings is 1. The van der Waals surface area contributed by atoms with E-state index in [-0.39, 0.29) is 0 Å². The van der Waals surface area contributed by atoms with Gasteiger partial charge in [0.15, 0.2) is 4.34 Å². The van der Waals surface area contributed by atoms with Crippen LogP contribution in [0.5, 0.6) is 0 Å². The molecule has 6 nitrogen and oxygen atoms in total. The first-order valence-corrected chi connectivity index (χ1v) is 10.7. The summed E-state index contributed by atoms with van der Waals surface area (Å²) in [5.74, 6) is 1.78. The third-order valence-electron chi connectivity index (χ3n) is 3.55. The van der Waals surface area contributed by atoms with Gasteiger partial charge in [-0.2, -0.15) is 4.98 Å². The second kappa shape index (κ2) is 7.98. The molecular weight excluding hydrogens is 386 g/mol. The van der Waals surface area contributed by atoms with E-state index in [4.69, 9.17) is 4.52 Å². The largest absolute Gasteiger partial charge is 0.338 e. The molecule has 9 heteroatoms. The molecule has 1 N–H and O–H groups in total. The second-order valence-electron chi connectivity index (χ2n) is 5.33. The number of nitrogens with zero attached hydrogens (tertiary/aromatic N) is 4. The molecule has 0 aliphatic carbocycles. The molecule has 3 aromatic heterocycles. The van der Waals surface area contributed by atoms with Gasteiger partial charge < -0.3 is 9.84 Å². The van der Waals surface area contributed by atoms with E-state index in [1.807, 2.05) is 17.5 Å². The van der Waals surface area contributed by atoms with E-state index >= 15 is 0 Å². The Morgan fingerprint density at radius 2 is 2.04 bits per heavy atom. The third-order valence-corrected chi connectivity index (χ3v) is 6.37. The Morgan fingerprint density at radius 1 is 1.15 bits per heavy atom. The Balaban J connectivity index is 1.34. The van der Waals surface area contributed by atoms with Crippen molar-refractivity contribution in [2.24, 2.45) is 0 Å². The van der Waals surface area contributed by atoms with Crippen LogP contribution in [-0.4, -0.2) is 20.3 Å². The minimum Gasteiger partial charge on any atom is -0.338 e.